The van der Waals surface area contributed by atoms with E-state index in [2.05, 4.69) is 5.32 Å². The number of amides is 2. The smallest absolute Gasteiger partial charge is 0.381 e. The van der Waals surface area contributed by atoms with E-state index in [0.29, 0.717) is 25.7 Å². The zero-order valence-electron chi connectivity index (χ0n) is 13.7. The Morgan fingerprint density at radius 2 is 1.84 bits per heavy atom. The van der Waals surface area contributed by atoms with Crippen molar-refractivity contribution in [3.05, 3.63) is 28.8 Å². The number of rotatable bonds is 8. The normalized spacial score (nSPS) is 11.2. The van der Waals surface area contributed by atoms with Crippen LogP contribution < -0.4 is 10.6 Å². The first-order chi connectivity index (χ1) is 11.8. The first-order valence-corrected chi connectivity index (χ1v) is 8.17. The van der Waals surface area contributed by atoms with E-state index in [0.717, 1.165) is 18.9 Å². The van der Waals surface area contributed by atoms with Gasteiger partial charge in [0.05, 0.1) is 11.3 Å². The van der Waals surface area contributed by atoms with Gasteiger partial charge < -0.3 is 15.4 Å². The first kappa shape index (κ1) is 21.2. The Balaban J connectivity index is 2.49. The molecule has 0 aliphatic heterocycles. The molecular formula is C16H20ClF3N2O3. The quantitative estimate of drug-likeness (QED) is 0.534. The van der Waals surface area contributed by atoms with E-state index in [-0.39, 0.29) is 11.6 Å². The molecule has 9 heteroatoms. The predicted molar refractivity (Wildman–Crippen MR) is 88.4 cm³/mol. The molecule has 25 heavy (non-hydrogen) atoms. The summed E-state index contributed by atoms with van der Waals surface area (Å²) < 4.78 is 44.1. The van der Waals surface area contributed by atoms with Gasteiger partial charge in [0.2, 0.25) is 0 Å². The number of halogens is 4. The Morgan fingerprint density at radius 1 is 1.16 bits per heavy atom. The molecule has 0 aromatic heterocycles. The number of nitrogens with one attached hydrogen (secondary N) is 2. The molecule has 0 saturated carbocycles. The lowest BCUT2D eigenvalue weighted by Crippen LogP contribution is -2.36. The molecule has 0 fully saturated rings. The average Bonchev–Trinajstić information content (AvgIpc) is 2.54. The zero-order valence-corrected chi connectivity index (χ0v) is 14.5. The van der Waals surface area contributed by atoms with E-state index in [9.17, 15) is 22.8 Å². The van der Waals surface area contributed by atoms with E-state index in [4.69, 9.17) is 16.3 Å². The van der Waals surface area contributed by atoms with Gasteiger partial charge >= 0.3 is 18.0 Å². The zero-order chi connectivity index (χ0) is 18.9. The van der Waals surface area contributed by atoms with Gasteiger partial charge in [-0.15, -0.1) is 0 Å². The number of benzene rings is 1. The van der Waals surface area contributed by atoms with Crippen LogP contribution in [0.5, 0.6) is 0 Å². The lowest BCUT2D eigenvalue weighted by Gasteiger charge is -2.14. The van der Waals surface area contributed by atoms with Gasteiger partial charge in [-0.25, -0.2) is 0 Å². The summed E-state index contributed by atoms with van der Waals surface area (Å²) >= 11 is 5.55. The number of hydrogen-bond acceptors (Lipinski definition) is 3. The fourth-order valence-corrected chi connectivity index (χ4v) is 2.02. The van der Waals surface area contributed by atoms with Crippen molar-refractivity contribution in [3.8, 4) is 0 Å². The van der Waals surface area contributed by atoms with Crippen LogP contribution in [-0.2, 0) is 20.5 Å². The lowest BCUT2D eigenvalue weighted by atomic mass is 10.1. The number of carbonyl (C=O) groups is 2. The molecular weight excluding hydrogens is 361 g/mol. The molecule has 0 radical (unpaired) electrons. The first-order valence-electron chi connectivity index (χ1n) is 7.79. The van der Waals surface area contributed by atoms with Crippen LogP contribution in [0.3, 0.4) is 0 Å². The molecule has 1 aromatic rings. The van der Waals surface area contributed by atoms with Gasteiger partial charge in [0.15, 0.2) is 0 Å². The topological polar surface area (TPSA) is 67.4 Å². The molecule has 2 amide bonds. The minimum Gasteiger partial charge on any atom is -0.381 e. The van der Waals surface area contributed by atoms with Gasteiger partial charge in [0.1, 0.15) is 0 Å². The molecule has 1 aromatic carbocycles. The van der Waals surface area contributed by atoms with Gasteiger partial charge in [-0.1, -0.05) is 24.9 Å². The second-order valence-electron chi connectivity index (χ2n) is 5.22. The maximum absolute atomic E-state index is 12.9. The molecule has 140 valence electrons. The molecule has 0 aliphatic rings. The summed E-state index contributed by atoms with van der Waals surface area (Å²) in [6.07, 6.45) is -2.25. The monoisotopic (exact) mass is 380 g/mol. The highest BCUT2D eigenvalue weighted by molar-refractivity contribution is 6.39. The van der Waals surface area contributed by atoms with Crippen molar-refractivity contribution in [3.63, 3.8) is 0 Å². The van der Waals surface area contributed by atoms with Crippen molar-refractivity contribution >= 4 is 29.1 Å². The summed E-state index contributed by atoms with van der Waals surface area (Å²) in [7, 11) is 0. The molecule has 2 N–H and O–H groups in total. The van der Waals surface area contributed by atoms with Crippen LogP contribution in [0, 0.1) is 0 Å². The summed E-state index contributed by atoms with van der Waals surface area (Å²) in [6, 6.07) is 2.87. The Bertz CT molecular complexity index is 594. The maximum Gasteiger partial charge on any atom is 0.418 e. The molecule has 5 nitrogen and oxygen atoms in total. The van der Waals surface area contributed by atoms with Gasteiger partial charge in [0.25, 0.3) is 0 Å². The Morgan fingerprint density at radius 3 is 2.48 bits per heavy atom. The Hall–Kier alpha value is -1.80. The number of hydrogen-bond donors (Lipinski definition) is 2. The van der Waals surface area contributed by atoms with Crippen LogP contribution in [-0.4, -0.2) is 31.6 Å². The number of ether oxygens (including phenoxy) is 1. The SMILES string of the molecule is CCCCOCCCNC(=O)C(=O)Nc1ccc(Cl)cc1C(F)(F)F. The van der Waals surface area contributed by atoms with Crippen molar-refractivity contribution < 1.29 is 27.5 Å². The third kappa shape index (κ3) is 7.74. The lowest BCUT2D eigenvalue weighted by molar-refractivity contribution is -0.138. The Kier molecular flexibility index (Phi) is 8.71. The van der Waals surface area contributed by atoms with Crippen molar-refractivity contribution in [2.24, 2.45) is 0 Å². The van der Waals surface area contributed by atoms with Crippen LogP contribution in [0.4, 0.5) is 18.9 Å². The van der Waals surface area contributed by atoms with E-state index < -0.39 is 29.2 Å². The third-order valence-corrected chi connectivity index (χ3v) is 3.37. The molecule has 1 rings (SSSR count). The van der Waals surface area contributed by atoms with Crippen molar-refractivity contribution in [2.75, 3.05) is 25.1 Å². The van der Waals surface area contributed by atoms with Crippen LogP contribution in [0.15, 0.2) is 18.2 Å². The fraction of sp³-hybridized carbons (Fsp3) is 0.500. The minimum atomic E-state index is -4.71. The fourth-order valence-electron chi connectivity index (χ4n) is 1.84. The largest absolute Gasteiger partial charge is 0.418 e. The highest BCUT2D eigenvalue weighted by Gasteiger charge is 2.34. The number of anilines is 1. The summed E-state index contributed by atoms with van der Waals surface area (Å²) in [5.41, 5.74) is -1.65. The second-order valence-corrected chi connectivity index (χ2v) is 5.65. The summed E-state index contributed by atoms with van der Waals surface area (Å²) in [4.78, 5) is 23.4. The summed E-state index contributed by atoms with van der Waals surface area (Å²) in [6.45, 7) is 3.28. The van der Waals surface area contributed by atoms with E-state index in [1.807, 2.05) is 12.2 Å². The summed E-state index contributed by atoms with van der Waals surface area (Å²) in [5, 5.41) is 4.15. The van der Waals surface area contributed by atoms with Crippen molar-refractivity contribution in [2.45, 2.75) is 32.4 Å². The molecule has 0 bridgehead atoms. The molecule has 0 aliphatic carbocycles. The van der Waals surface area contributed by atoms with E-state index in [1.165, 1.54) is 6.07 Å². The molecule has 0 saturated heterocycles. The average molecular weight is 381 g/mol. The van der Waals surface area contributed by atoms with Crippen LogP contribution >= 0.6 is 11.6 Å². The Labute approximate surface area is 148 Å². The standard InChI is InChI=1S/C16H20ClF3N2O3/c1-2-3-8-25-9-4-7-21-14(23)15(24)22-13-6-5-11(17)10-12(13)16(18,19)20/h5-6,10H,2-4,7-9H2,1H3,(H,21,23)(H,22,24). The van der Waals surface area contributed by atoms with Gasteiger partial charge in [0, 0.05) is 24.8 Å². The predicted octanol–water partition coefficient (Wildman–Crippen LogP) is 3.62. The van der Waals surface area contributed by atoms with Crippen molar-refractivity contribution in [1.29, 1.82) is 0 Å². The van der Waals surface area contributed by atoms with E-state index >= 15 is 0 Å². The van der Waals surface area contributed by atoms with Crippen LogP contribution in [0.2, 0.25) is 5.02 Å². The van der Waals surface area contributed by atoms with Crippen molar-refractivity contribution in [1.82, 2.24) is 5.32 Å². The third-order valence-electron chi connectivity index (χ3n) is 3.13. The number of alkyl halides is 3. The van der Waals surface area contributed by atoms with Gasteiger partial charge in [-0.2, -0.15) is 13.2 Å². The number of carbonyl (C=O) groups excluding carboxylic acids is 2. The van der Waals surface area contributed by atoms with Crippen LogP contribution in [0.25, 0.3) is 0 Å². The molecule has 0 spiro atoms. The van der Waals surface area contributed by atoms with Crippen LogP contribution in [0.1, 0.15) is 31.7 Å². The molecule has 0 unspecified atom stereocenters. The molecule has 0 atom stereocenters. The van der Waals surface area contributed by atoms with Gasteiger partial charge in [-0.3, -0.25) is 9.59 Å². The highest BCUT2D eigenvalue weighted by atomic mass is 35.5. The minimum absolute atomic E-state index is 0.127. The van der Waals surface area contributed by atoms with Gasteiger partial charge in [-0.05, 0) is 31.0 Å². The van der Waals surface area contributed by atoms with E-state index in [1.54, 1.807) is 0 Å². The second kappa shape index (κ2) is 10.2. The molecule has 0 heterocycles. The maximum atomic E-state index is 12.9. The number of unbranched alkanes of at least 4 members (excludes halogenated alkanes) is 1. The summed E-state index contributed by atoms with van der Waals surface area (Å²) in [5.74, 6) is -2.20. The highest BCUT2D eigenvalue weighted by Crippen LogP contribution is 2.36.